The molecule has 5 rings (SSSR count). The Kier molecular flexibility index (Phi) is 5.48. The van der Waals surface area contributed by atoms with Crippen molar-refractivity contribution in [2.24, 2.45) is 10.1 Å². The second-order valence-corrected chi connectivity index (χ2v) is 9.01. The molecule has 3 heterocycles. The van der Waals surface area contributed by atoms with E-state index in [9.17, 15) is 18.0 Å². The highest BCUT2D eigenvalue weighted by Crippen LogP contribution is 2.36. The molecule has 7 nitrogen and oxygen atoms in total. The van der Waals surface area contributed by atoms with E-state index in [1.165, 1.54) is 6.08 Å². The molecule has 170 valence electrons. The summed E-state index contributed by atoms with van der Waals surface area (Å²) in [6, 6.07) is 16.6. The van der Waals surface area contributed by atoms with Crippen LogP contribution in [0.3, 0.4) is 0 Å². The Bertz CT molecular complexity index is 1410. The zero-order chi connectivity index (χ0) is 24.0. The first-order valence-electron chi connectivity index (χ1n) is 9.69. The van der Waals surface area contributed by atoms with Crippen LogP contribution in [0.2, 0.25) is 0 Å². The molecule has 3 aromatic rings. The molecule has 2 aliphatic heterocycles. The van der Waals surface area contributed by atoms with Crippen molar-refractivity contribution < 1.29 is 18.0 Å². The van der Waals surface area contributed by atoms with Crippen LogP contribution in [0.15, 0.2) is 80.9 Å². The summed E-state index contributed by atoms with van der Waals surface area (Å²) in [5.41, 5.74) is 2.34. The Morgan fingerprint density at radius 3 is 2.44 bits per heavy atom. The van der Waals surface area contributed by atoms with Gasteiger partial charge in [-0.2, -0.15) is 33.4 Å². The van der Waals surface area contributed by atoms with E-state index < -0.39 is 23.0 Å². The molecule has 12 heteroatoms. The van der Waals surface area contributed by atoms with E-state index in [0.717, 1.165) is 20.7 Å². The van der Waals surface area contributed by atoms with E-state index in [4.69, 9.17) is 5.41 Å². The van der Waals surface area contributed by atoms with Crippen LogP contribution in [-0.4, -0.2) is 42.9 Å². The van der Waals surface area contributed by atoms with Crippen molar-refractivity contribution in [3.63, 3.8) is 0 Å². The summed E-state index contributed by atoms with van der Waals surface area (Å²) >= 11 is 3.60. The molecular formula is C22H12BrF3N6OS. The Hall–Kier alpha value is -3.51. The summed E-state index contributed by atoms with van der Waals surface area (Å²) < 4.78 is 41.7. The maximum Gasteiger partial charge on any atom is 0.441 e. The molecule has 34 heavy (non-hydrogen) atoms. The molecule has 0 saturated heterocycles. The standard InChI is InChI=1S/C22H12BrF3N6OS/c23-14-8-6-12(7-9-14)17-13(11-31(29-17)15-4-2-1-3-5-15)10-16-18(27)32-21(28-19(16)33)34-20(30-32)22(24,25)26/h1-11,27H/b16-10-,27-18?. The van der Waals surface area contributed by atoms with E-state index in [1.807, 2.05) is 54.6 Å². The van der Waals surface area contributed by atoms with Crippen LogP contribution in [0.1, 0.15) is 5.56 Å². The van der Waals surface area contributed by atoms with Crippen molar-refractivity contribution in [2.75, 3.05) is 0 Å². The van der Waals surface area contributed by atoms with Gasteiger partial charge in [0, 0.05) is 21.8 Å². The summed E-state index contributed by atoms with van der Waals surface area (Å²) in [5, 5.41) is 15.7. The number of nitrogens with one attached hydrogen (secondary N) is 1. The number of hydrogen-bond acceptors (Lipinski definition) is 5. The summed E-state index contributed by atoms with van der Waals surface area (Å²) in [6.07, 6.45) is -1.62. The highest BCUT2D eigenvalue weighted by Gasteiger charge is 2.46. The second-order valence-electron chi connectivity index (χ2n) is 7.14. The average molecular weight is 545 g/mol. The number of amidine groups is 2. The number of hydrogen-bond donors (Lipinski definition) is 1. The van der Waals surface area contributed by atoms with Gasteiger partial charge in [0.2, 0.25) is 10.2 Å². The third-order valence-corrected chi connectivity index (χ3v) is 6.36. The third kappa shape index (κ3) is 4.10. The number of carbonyl (C=O) groups is 1. The van der Waals surface area contributed by atoms with Gasteiger partial charge in [-0.15, -0.1) is 0 Å². The highest BCUT2D eigenvalue weighted by molar-refractivity contribution is 9.10. The Morgan fingerprint density at radius 2 is 1.76 bits per heavy atom. The van der Waals surface area contributed by atoms with Crippen molar-refractivity contribution >= 4 is 55.7 Å². The van der Waals surface area contributed by atoms with Crippen LogP contribution in [0.25, 0.3) is 23.0 Å². The first kappa shape index (κ1) is 22.3. The normalized spacial score (nSPS) is 17.2. The molecule has 0 bridgehead atoms. The van der Waals surface area contributed by atoms with Gasteiger partial charge in [0.25, 0.3) is 5.91 Å². The van der Waals surface area contributed by atoms with Crippen LogP contribution >= 0.6 is 27.7 Å². The Labute approximate surface area is 203 Å². The number of para-hydroxylation sites is 1. The van der Waals surface area contributed by atoms with Crippen molar-refractivity contribution in [1.29, 1.82) is 5.41 Å². The monoisotopic (exact) mass is 544 g/mol. The predicted octanol–water partition coefficient (Wildman–Crippen LogP) is 5.48. The number of fused-ring (bicyclic) bond motifs is 1. The molecule has 2 aliphatic rings. The van der Waals surface area contributed by atoms with E-state index in [0.29, 0.717) is 11.3 Å². The SMILES string of the molecule is N=C1/C(=C/c2cn(-c3ccccc3)nc2-c2ccc(Br)cc2)C(=O)N=C2SC(C(F)(F)F)=NN12. The van der Waals surface area contributed by atoms with E-state index in [1.54, 1.807) is 10.9 Å². The van der Waals surface area contributed by atoms with Crippen molar-refractivity contribution in [3.05, 3.63) is 76.4 Å². The molecule has 1 amide bonds. The number of halogens is 4. The molecule has 0 saturated carbocycles. The zero-order valence-electron chi connectivity index (χ0n) is 16.9. The third-order valence-electron chi connectivity index (χ3n) is 4.88. The highest BCUT2D eigenvalue weighted by atomic mass is 79.9. The quantitative estimate of drug-likeness (QED) is 0.442. The minimum absolute atomic E-state index is 0.192. The molecule has 0 radical (unpaired) electrons. The van der Waals surface area contributed by atoms with E-state index >= 15 is 0 Å². The van der Waals surface area contributed by atoms with Crippen molar-refractivity contribution in [3.8, 4) is 16.9 Å². The summed E-state index contributed by atoms with van der Waals surface area (Å²) in [4.78, 5) is 16.4. The maximum absolute atomic E-state index is 13.1. The molecule has 1 aromatic heterocycles. The van der Waals surface area contributed by atoms with Crippen LogP contribution in [0, 0.1) is 5.41 Å². The van der Waals surface area contributed by atoms with Crippen molar-refractivity contribution in [1.82, 2.24) is 14.8 Å². The largest absolute Gasteiger partial charge is 0.441 e. The maximum atomic E-state index is 13.1. The average Bonchev–Trinajstić information content (AvgIpc) is 3.42. The molecule has 0 spiro atoms. The summed E-state index contributed by atoms with van der Waals surface area (Å²) in [6.45, 7) is 0. The van der Waals surface area contributed by atoms with Gasteiger partial charge < -0.3 is 0 Å². The van der Waals surface area contributed by atoms with E-state index in [-0.39, 0.29) is 22.5 Å². The number of rotatable bonds is 3. The molecule has 0 aliphatic carbocycles. The molecule has 1 N–H and O–H groups in total. The van der Waals surface area contributed by atoms with Gasteiger partial charge in [0.15, 0.2) is 5.84 Å². The van der Waals surface area contributed by atoms with Crippen molar-refractivity contribution in [2.45, 2.75) is 6.18 Å². The number of hydrazone groups is 1. The zero-order valence-corrected chi connectivity index (χ0v) is 19.3. The number of thioether (sulfide) groups is 1. The number of amides is 1. The van der Waals surface area contributed by atoms with Gasteiger partial charge in [-0.3, -0.25) is 10.2 Å². The molecule has 0 unspecified atom stereocenters. The first-order valence-corrected chi connectivity index (χ1v) is 11.3. The Morgan fingerprint density at radius 1 is 1.06 bits per heavy atom. The van der Waals surface area contributed by atoms with E-state index in [2.05, 4.69) is 31.1 Å². The number of aliphatic imine (C=N–C) groups is 1. The van der Waals surface area contributed by atoms with Gasteiger partial charge in [-0.25, -0.2) is 4.68 Å². The molecule has 0 atom stereocenters. The fourth-order valence-electron chi connectivity index (χ4n) is 3.30. The molecule has 0 fully saturated rings. The van der Waals surface area contributed by atoms with Gasteiger partial charge >= 0.3 is 6.18 Å². The van der Waals surface area contributed by atoms with Crippen LogP contribution in [0.4, 0.5) is 13.2 Å². The minimum atomic E-state index is -4.71. The van der Waals surface area contributed by atoms with Gasteiger partial charge in [-0.1, -0.05) is 46.3 Å². The van der Waals surface area contributed by atoms with Gasteiger partial charge in [0.05, 0.1) is 17.0 Å². The number of aromatic nitrogens is 2. The lowest BCUT2D eigenvalue weighted by Crippen LogP contribution is -2.35. The molecular weight excluding hydrogens is 533 g/mol. The first-order chi connectivity index (χ1) is 16.2. The lowest BCUT2D eigenvalue weighted by Gasteiger charge is -2.20. The fraction of sp³-hybridized carbons (Fsp3) is 0.0455. The fourth-order valence-corrected chi connectivity index (χ4v) is 4.32. The summed E-state index contributed by atoms with van der Waals surface area (Å²) in [7, 11) is 0. The summed E-state index contributed by atoms with van der Waals surface area (Å²) in [5.74, 6) is -1.31. The Balaban J connectivity index is 1.61. The topological polar surface area (TPSA) is 86.7 Å². The smallest absolute Gasteiger partial charge is 0.282 e. The van der Waals surface area contributed by atoms with Crippen LogP contribution < -0.4 is 0 Å². The molecule has 2 aromatic carbocycles. The predicted molar refractivity (Wildman–Crippen MR) is 128 cm³/mol. The van der Waals surface area contributed by atoms with Gasteiger partial charge in [-0.05, 0) is 42.1 Å². The number of benzene rings is 2. The number of carbonyl (C=O) groups excluding carboxylic acids is 1. The second kappa shape index (κ2) is 8.37. The van der Waals surface area contributed by atoms with Gasteiger partial charge in [0.1, 0.15) is 0 Å². The van der Waals surface area contributed by atoms with Crippen LogP contribution in [-0.2, 0) is 4.79 Å². The van der Waals surface area contributed by atoms with Crippen LogP contribution in [0.5, 0.6) is 0 Å². The number of alkyl halides is 3. The lowest BCUT2D eigenvalue weighted by molar-refractivity contribution is -0.114. The lowest BCUT2D eigenvalue weighted by atomic mass is 10.0. The minimum Gasteiger partial charge on any atom is -0.282 e. The number of nitrogens with zero attached hydrogens (tertiary/aromatic N) is 5.